The molecule has 0 radical (unpaired) electrons. The first-order valence-electron chi connectivity index (χ1n) is 9.02. The maximum Gasteiger partial charge on any atom is 1.00 e. The smallest absolute Gasteiger partial charge is 0.855 e. The molecule has 2 aromatic carbocycles. The van der Waals surface area contributed by atoms with E-state index in [1.54, 1.807) is 19.1 Å². The molecule has 0 aliphatic heterocycles. The number of hydrogen-bond acceptors (Lipinski definition) is 6. The number of nitrogens with one attached hydrogen (secondary N) is 2. The third kappa shape index (κ3) is 8.86. The monoisotopic (exact) mass is 610 g/mol. The minimum Gasteiger partial charge on any atom is -0.855 e. The van der Waals surface area contributed by atoms with Crippen LogP contribution in [0.5, 0.6) is 0 Å². The molecule has 3 aromatic rings. The number of H-pyrrole nitrogens is 1. The average Bonchev–Trinajstić information content (AvgIpc) is 3.04. The maximum atomic E-state index is 13.5. The van der Waals surface area contributed by atoms with E-state index >= 15 is 0 Å². The van der Waals surface area contributed by atoms with Crippen LogP contribution in [0.3, 0.4) is 0 Å². The molecule has 0 spiro atoms. The van der Waals surface area contributed by atoms with E-state index in [1.165, 1.54) is 18.2 Å². The molecule has 1 heterocycles. The molecule has 0 fully saturated rings. The first-order valence-corrected chi connectivity index (χ1v) is 10.6. The third-order valence-corrected chi connectivity index (χ3v) is 4.64. The molecule has 0 bridgehead atoms. The number of carbonyl (C=O) groups is 2. The van der Waals surface area contributed by atoms with Crippen molar-refractivity contribution in [2.75, 3.05) is 24.2 Å². The van der Waals surface area contributed by atoms with Gasteiger partial charge in [-0.2, -0.15) is 5.26 Å². The van der Waals surface area contributed by atoms with Gasteiger partial charge in [-0.15, -0.1) is 6.61 Å². The molecule has 1 aromatic heterocycles. The van der Waals surface area contributed by atoms with Crippen LogP contribution >= 0.6 is 31.9 Å². The second-order valence-corrected chi connectivity index (χ2v) is 7.95. The van der Waals surface area contributed by atoms with Gasteiger partial charge in [0.2, 0.25) is 5.91 Å². The van der Waals surface area contributed by atoms with Crippen LogP contribution in [0.1, 0.15) is 23.0 Å². The Morgan fingerprint density at radius 3 is 2.18 bits per heavy atom. The number of halogens is 4. The molecule has 176 valence electrons. The van der Waals surface area contributed by atoms with Crippen molar-refractivity contribution in [3.63, 3.8) is 0 Å². The Morgan fingerprint density at radius 2 is 1.68 bits per heavy atom. The number of amides is 2. The Bertz CT molecular complexity index is 1220. The summed E-state index contributed by atoms with van der Waals surface area (Å²) in [6.07, 6.45) is 0. The van der Waals surface area contributed by atoms with Crippen molar-refractivity contribution in [1.29, 1.82) is 5.26 Å². The molecular weight excluding hydrogens is 593 g/mol. The molecule has 0 atom stereocenters. The molecule has 0 saturated carbocycles. The number of aromatic amines is 1. The average molecular weight is 612 g/mol. The number of nitrogen functional groups attached to an aromatic ring is 1. The number of anilines is 2. The van der Waals surface area contributed by atoms with Gasteiger partial charge in [-0.25, -0.2) is 8.78 Å². The van der Waals surface area contributed by atoms with Gasteiger partial charge in [0.05, 0.1) is 28.8 Å². The normalized spacial score (nSPS) is 9.44. The summed E-state index contributed by atoms with van der Waals surface area (Å²) in [6, 6.07) is 7.28. The second kappa shape index (κ2) is 14.9. The van der Waals surface area contributed by atoms with Gasteiger partial charge >= 0.3 is 29.6 Å². The third-order valence-electron chi connectivity index (χ3n) is 3.72. The van der Waals surface area contributed by atoms with E-state index in [2.05, 4.69) is 42.2 Å². The number of nitrogens with zero attached hydrogens (tertiary/aromatic N) is 1. The number of primary amides is 2. The van der Waals surface area contributed by atoms with E-state index < -0.39 is 23.4 Å². The van der Waals surface area contributed by atoms with Gasteiger partial charge < -0.3 is 32.6 Å². The Labute approximate surface area is 232 Å². The number of rotatable bonds is 4. The van der Waals surface area contributed by atoms with Gasteiger partial charge in [0.25, 0.3) is 5.91 Å². The van der Waals surface area contributed by atoms with Crippen molar-refractivity contribution in [1.82, 2.24) is 4.98 Å². The standard InChI is InChI=1S/2C9H7BrFN3O.C2H5O.Na/c10-3-1-4(11)6-5(2-3)14-8(7(6)12)9(13)15;10-5-1-7(11)6(3-12)8(2-5)14-4-9(13)15;1-2-3;/h1-2,14H,12H2,(H2,13,15);1-2,14H,4H2,(H2,13,15);2H2,1H3;/q;;-1;+1. The minimum atomic E-state index is -0.709. The summed E-state index contributed by atoms with van der Waals surface area (Å²) in [5, 5.41) is 20.4. The fraction of sp³-hybridized carbons (Fsp3) is 0.150. The number of aromatic nitrogens is 1. The molecule has 3 rings (SSSR count). The van der Waals surface area contributed by atoms with Crippen LogP contribution in [-0.2, 0) is 4.79 Å². The number of benzene rings is 2. The van der Waals surface area contributed by atoms with E-state index in [0.29, 0.717) is 14.5 Å². The van der Waals surface area contributed by atoms with Crippen LogP contribution in [0, 0.1) is 23.0 Å². The fourth-order valence-electron chi connectivity index (χ4n) is 2.48. The van der Waals surface area contributed by atoms with Crippen molar-refractivity contribution in [2.24, 2.45) is 11.5 Å². The SMILES string of the molecule is CC[O-].N#Cc1c(F)cc(Br)cc1NCC(N)=O.NC(=O)c1[nH]c2cc(Br)cc(F)c2c1N.[Na+]. The fourth-order valence-corrected chi connectivity index (χ4v) is 3.34. The Kier molecular flexibility index (Phi) is 14.0. The molecule has 14 heteroatoms. The van der Waals surface area contributed by atoms with Crippen LogP contribution in [0.2, 0.25) is 0 Å². The largest absolute Gasteiger partial charge is 1.00 e. The van der Waals surface area contributed by atoms with E-state index in [4.69, 9.17) is 27.6 Å². The number of fused-ring (bicyclic) bond motifs is 1. The van der Waals surface area contributed by atoms with Crippen molar-refractivity contribution in [3.8, 4) is 6.07 Å². The van der Waals surface area contributed by atoms with E-state index in [0.717, 1.165) is 0 Å². The second-order valence-electron chi connectivity index (χ2n) is 6.12. The van der Waals surface area contributed by atoms with Gasteiger partial charge in [0.1, 0.15) is 29.0 Å². The number of nitriles is 1. The summed E-state index contributed by atoms with van der Waals surface area (Å²) in [5.74, 6) is -2.45. The summed E-state index contributed by atoms with van der Waals surface area (Å²) < 4.78 is 27.8. The molecule has 0 aliphatic carbocycles. The van der Waals surface area contributed by atoms with Crippen LogP contribution in [-0.4, -0.2) is 29.9 Å². The summed E-state index contributed by atoms with van der Waals surface area (Å²) in [7, 11) is 0. The molecule has 34 heavy (non-hydrogen) atoms. The first kappa shape index (κ1) is 31.8. The van der Waals surface area contributed by atoms with Crippen LogP contribution < -0.4 is 57.2 Å². The van der Waals surface area contributed by atoms with Crippen molar-refractivity contribution >= 4 is 66.0 Å². The summed E-state index contributed by atoms with van der Waals surface area (Å²) in [6.45, 7) is 1.42. The number of nitrogens with two attached hydrogens (primary N) is 3. The zero-order valence-corrected chi connectivity index (χ0v) is 23.3. The summed E-state index contributed by atoms with van der Waals surface area (Å²) >= 11 is 6.21. The van der Waals surface area contributed by atoms with Crippen LogP contribution in [0.15, 0.2) is 33.2 Å². The molecule has 9 nitrogen and oxygen atoms in total. The van der Waals surface area contributed by atoms with E-state index in [-0.39, 0.29) is 70.7 Å². The van der Waals surface area contributed by atoms with Crippen molar-refractivity contribution in [3.05, 3.63) is 56.1 Å². The Balaban J connectivity index is 0.000000560. The van der Waals surface area contributed by atoms with E-state index in [9.17, 15) is 18.4 Å². The van der Waals surface area contributed by atoms with Gasteiger partial charge in [0, 0.05) is 8.95 Å². The molecule has 0 unspecified atom stereocenters. The van der Waals surface area contributed by atoms with Crippen LogP contribution in [0.4, 0.5) is 20.2 Å². The predicted octanol–water partition coefficient (Wildman–Crippen LogP) is -0.522. The summed E-state index contributed by atoms with van der Waals surface area (Å²) in [4.78, 5) is 24.2. The maximum absolute atomic E-state index is 13.5. The summed E-state index contributed by atoms with van der Waals surface area (Å²) in [5.41, 5.74) is 16.2. The quantitative estimate of drug-likeness (QED) is 0.247. The molecule has 0 saturated heterocycles. The predicted molar refractivity (Wildman–Crippen MR) is 126 cm³/mol. The van der Waals surface area contributed by atoms with Gasteiger partial charge in [0.15, 0.2) is 0 Å². The minimum absolute atomic E-state index is 0. The zero-order chi connectivity index (χ0) is 25.3. The number of hydrogen-bond donors (Lipinski definition) is 5. The van der Waals surface area contributed by atoms with Gasteiger partial charge in [-0.1, -0.05) is 38.8 Å². The Morgan fingerprint density at radius 1 is 1.15 bits per heavy atom. The number of carbonyl (C=O) groups excluding carboxylic acids is 2. The van der Waals surface area contributed by atoms with Gasteiger partial charge in [-0.3, -0.25) is 9.59 Å². The van der Waals surface area contributed by atoms with Crippen LogP contribution in [0.25, 0.3) is 10.9 Å². The molecule has 2 amide bonds. The first-order chi connectivity index (χ1) is 15.5. The zero-order valence-electron chi connectivity index (χ0n) is 18.1. The molecule has 0 aliphatic rings. The van der Waals surface area contributed by atoms with Crippen molar-refractivity contribution < 1.29 is 53.0 Å². The van der Waals surface area contributed by atoms with E-state index in [1.807, 2.05) is 0 Å². The topological polar surface area (TPSA) is 187 Å². The van der Waals surface area contributed by atoms with Gasteiger partial charge in [-0.05, 0) is 24.3 Å². The molecule has 8 N–H and O–H groups in total. The molecular formula is C20H19Br2F2N6NaO3. The van der Waals surface area contributed by atoms with Crippen molar-refractivity contribution in [2.45, 2.75) is 6.92 Å². The Hall–Kier alpha value is -2.21.